The second-order valence-electron chi connectivity index (χ2n) is 6.59. The highest BCUT2D eigenvalue weighted by atomic mass is 16.4. The minimum Gasteiger partial charge on any atom is -0.454 e. The van der Waals surface area contributed by atoms with Gasteiger partial charge in [0, 0.05) is 25.7 Å². The van der Waals surface area contributed by atoms with Crippen molar-refractivity contribution in [3.05, 3.63) is 41.1 Å². The van der Waals surface area contributed by atoms with Crippen molar-refractivity contribution in [2.75, 3.05) is 13.1 Å². The zero-order chi connectivity index (χ0) is 18.0. The summed E-state index contributed by atoms with van der Waals surface area (Å²) in [5.74, 6) is 0.647. The number of nitrogens with one attached hydrogen (secondary N) is 1. The van der Waals surface area contributed by atoms with Crippen molar-refractivity contribution < 1.29 is 14.0 Å². The third-order valence-corrected chi connectivity index (χ3v) is 4.46. The number of piperidine rings is 1. The first-order chi connectivity index (χ1) is 11.9. The molecular weight excluding hydrogens is 320 g/mol. The van der Waals surface area contributed by atoms with E-state index in [0.29, 0.717) is 18.1 Å². The van der Waals surface area contributed by atoms with Crippen molar-refractivity contribution in [2.24, 2.45) is 0 Å². The van der Waals surface area contributed by atoms with Crippen LogP contribution >= 0.6 is 0 Å². The quantitative estimate of drug-likeness (QED) is 0.922. The van der Waals surface area contributed by atoms with E-state index in [0.717, 1.165) is 30.8 Å². The maximum absolute atomic E-state index is 12.7. The van der Waals surface area contributed by atoms with Crippen molar-refractivity contribution in [1.82, 2.24) is 20.0 Å². The maximum Gasteiger partial charge on any atom is 0.289 e. The van der Waals surface area contributed by atoms with E-state index in [9.17, 15) is 9.59 Å². The summed E-state index contributed by atoms with van der Waals surface area (Å²) in [4.78, 5) is 25.5. The average Bonchev–Trinajstić information content (AvgIpc) is 3.18. The molecule has 0 aliphatic carbocycles. The normalized spacial score (nSPS) is 17.6. The Hall–Kier alpha value is -2.57. The van der Waals surface area contributed by atoms with Crippen molar-refractivity contribution in [3.8, 4) is 0 Å². The van der Waals surface area contributed by atoms with Crippen molar-refractivity contribution in [2.45, 2.75) is 46.2 Å². The van der Waals surface area contributed by atoms with E-state index >= 15 is 0 Å². The molecule has 3 heterocycles. The average molecular weight is 344 g/mol. The van der Waals surface area contributed by atoms with Gasteiger partial charge in [0.25, 0.3) is 5.91 Å². The SMILES string of the molecule is CC(=O)NCc1ccc(C(=O)N2CCCC(n3nc(C)cc3C)C2)o1. The molecule has 1 atom stereocenters. The molecule has 0 saturated carbocycles. The molecule has 1 aliphatic rings. The Labute approximate surface area is 147 Å². The molecule has 1 fully saturated rings. The van der Waals surface area contributed by atoms with Crippen LogP contribution in [0.3, 0.4) is 0 Å². The number of rotatable bonds is 4. The molecule has 7 heteroatoms. The summed E-state index contributed by atoms with van der Waals surface area (Å²) < 4.78 is 7.62. The molecule has 2 aromatic heterocycles. The summed E-state index contributed by atoms with van der Waals surface area (Å²) in [6, 6.07) is 5.65. The van der Waals surface area contributed by atoms with Gasteiger partial charge in [-0.2, -0.15) is 5.10 Å². The zero-order valence-electron chi connectivity index (χ0n) is 14.9. The van der Waals surface area contributed by atoms with Crippen LogP contribution in [0.2, 0.25) is 0 Å². The summed E-state index contributed by atoms with van der Waals surface area (Å²) in [6.45, 7) is 7.11. The lowest BCUT2D eigenvalue weighted by Gasteiger charge is -2.33. The molecule has 25 heavy (non-hydrogen) atoms. The molecule has 0 radical (unpaired) electrons. The third-order valence-electron chi connectivity index (χ3n) is 4.46. The monoisotopic (exact) mass is 344 g/mol. The standard InChI is InChI=1S/C18H24N4O3/c1-12-9-13(2)22(20-12)15-5-4-8-21(11-15)18(24)17-7-6-16(25-17)10-19-14(3)23/h6-7,9,15H,4-5,8,10-11H2,1-3H3,(H,19,23). The topological polar surface area (TPSA) is 80.4 Å². The zero-order valence-corrected chi connectivity index (χ0v) is 14.9. The van der Waals surface area contributed by atoms with E-state index in [2.05, 4.69) is 16.5 Å². The van der Waals surface area contributed by atoms with Crippen LogP contribution in [0.25, 0.3) is 0 Å². The van der Waals surface area contributed by atoms with E-state index in [-0.39, 0.29) is 24.4 Å². The van der Waals surface area contributed by atoms with Gasteiger partial charge in [0.05, 0.1) is 18.3 Å². The number of likely N-dealkylation sites (tertiary alicyclic amines) is 1. The number of carbonyl (C=O) groups excluding carboxylic acids is 2. The predicted molar refractivity (Wildman–Crippen MR) is 92.1 cm³/mol. The fourth-order valence-corrected chi connectivity index (χ4v) is 3.31. The Morgan fingerprint density at radius 3 is 2.84 bits per heavy atom. The van der Waals surface area contributed by atoms with Gasteiger partial charge in [0.2, 0.25) is 5.91 Å². The number of aryl methyl sites for hydroxylation is 2. The van der Waals surface area contributed by atoms with Crippen LogP contribution in [0.15, 0.2) is 22.6 Å². The molecule has 0 spiro atoms. The number of amides is 2. The summed E-state index contributed by atoms with van der Waals surface area (Å²) in [5.41, 5.74) is 2.11. The highest BCUT2D eigenvalue weighted by molar-refractivity contribution is 5.91. The summed E-state index contributed by atoms with van der Waals surface area (Å²) in [7, 11) is 0. The number of hydrogen-bond acceptors (Lipinski definition) is 4. The largest absolute Gasteiger partial charge is 0.454 e. The molecule has 2 aromatic rings. The second kappa shape index (κ2) is 7.13. The van der Waals surface area contributed by atoms with Gasteiger partial charge < -0.3 is 14.6 Å². The molecule has 134 valence electrons. The van der Waals surface area contributed by atoms with Crippen molar-refractivity contribution in [1.29, 1.82) is 0 Å². The molecular formula is C18H24N4O3. The van der Waals surface area contributed by atoms with Crippen LogP contribution in [-0.2, 0) is 11.3 Å². The molecule has 1 unspecified atom stereocenters. The first kappa shape index (κ1) is 17.3. The van der Waals surface area contributed by atoms with Gasteiger partial charge in [-0.05, 0) is 44.9 Å². The lowest BCUT2D eigenvalue weighted by atomic mass is 10.1. The first-order valence-corrected chi connectivity index (χ1v) is 8.59. The minimum atomic E-state index is -0.131. The Bertz CT molecular complexity index is 777. The van der Waals surface area contributed by atoms with E-state index in [1.54, 1.807) is 12.1 Å². The molecule has 1 N–H and O–H groups in total. The van der Waals surface area contributed by atoms with Crippen LogP contribution in [0.5, 0.6) is 0 Å². The smallest absolute Gasteiger partial charge is 0.289 e. The van der Waals surface area contributed by atoms with Gasteiger partial charge in [0.15, 0.2) is 5.76 Å². The Kier molecular flexibility index (Phi) is 4.92. The van der Waals surface area contributed by atoms with E-state index in [1.165, 1.54) is 6.92 Å². The highest BCUT2D eigenvalue weighted by Gasteiger charge is 2.28. The van der Waals surface area contributed by atoms with Gasteiger partial charge >= 0.3 is 0 Å². The Balaban J connectivity index is 1.68. The number of furan rings is 1. The third kappa shape index (κ3) is 3.92. The molecule has 1 aliphatic heterocycles. The molecule has 0 aromatic carbocycles. The van der Waals surface area contributed by atoms with Gasteiger partial charge in [-0.3, -0.25) is 14.3 Å². The lowest BCUT2D eigenvalue weighted by Crippen LogP contribution is -2.41. The number of aromatic nitrogens is 2. The van der Waals surface area contributed by atoms with Crippen LogP contribution < -0.4 is 5.32 Å². The molecule has 0 bridgehead atoms. The predicted octanol–water partition coefficient (Wildman–Crippen LogP) is 2.21. The second-order valence-corrected chi connectivity index (χ2v) is 6.59. The van der Waals surface area contributed by atoms with E-state index in [1.807, 2.05) is 23.4 Å². The maximum atomic E-state index is 12.7. The molecule has 7 nitrogen and oxygen atoms in total. The highest BCUT2D eigenvalue weighted by Crippen LogP contribution is 2.24. The van der Waals surface area contributed by atoms with Crippen LogP contribution in [0.4, 0.5) is 0 Å². The number of carbonyl (C=O) groups is 2. The molecule has 3 rings (SSSR count). The van der Waals surface area contributed by atoms with Gasteiger partial charge in [-0.15, -0.1) is 0 Å². The summed E-state index contributed by atoms with van der Waals surface area (Å²) in [6.07, 6.45) is 1.95. The van der Waals surface area contributed by atoms with Gasteiger partial charge in [-0.1, -0.05) is 0 Å². The van der Waals surface area contributed by atoms with Crippen molar-refractivity contribution >= 4 is 11.8 Å². The van der Waals surface area contributed by atoms with Crippen LogP contribution in [0.1, 0.15) is 53.5 Å². The van der Waals surface area contributed by atoms with E-state index in [4.69, 9.17) is 4.42 Å². The Morgan fingerprint density at radius 1 is 1.36 bits per heavy atom. The number of nitrogens with zero attached hydrogens (tertiary/aromatic N) is 3. The Morgan fingerprint density at radius 2 is 2.16 bits per heavy atom. The van der Waals surface area contributed by atoms with Gasteiger partial charge in [-0.25, -0.2) is 0 Å². The summed E-state index contributed by atoms with van der Waals surface area (Å²) >= 11 is 0. The lowest BCUT2D eigenvalue weighted by molar-refractivity contribution is -0.119. The van der Waals surface area contributed by atoms with Crippen LogP contribution in [-0.4, -0.2) is 39.6 Å². The molecule has 2 amide bonds. The summed E-state index contributed by atoms with van der Waals surface area (Å²) in [5, 5.41) is 7.22. The minimum absolute atomic E-state index is 0.111. The van der Waals surface area contributed by atoms with E-state index < -0.39 is 0 Å². The van der Waals surface area contributed by atoms with Crippen LogP contribution in [0, 0.1) is 13.8 Å². The fourth-order valence-electron chi connectivity index (χ4n) is 3.31. The molecule has 1 saturated heterocycles. The number of hydrogen-bond donors (Lipinski definition) is 1. The fraction of sp³-hybridized carbons (Fsp3) is 0.500. The van der Waals surface area contributed by atoms with Gasteiger partial charge in [0.1, 0.15) is 5.76 Å². The van der Waals surface area contributed by atoms with Crippen molar-refractivity contribution in [3.63, 3.8) is 0 Å². The first-order valence-electron chi connectivity index (χ1n) is 8.59.